The molecule has 0 aromatic heterocycles. The van der Waals surface area contributed by atoms with Gasteiger partial charge < -0.3 is 10.2 Å². The number of hydrogen-bond acceptors (Lipinski definition) is 2. The third-order valence-electron chi connectivity index (χ3n) is 7.48. The second-order valence-corrected chi connectivity index (χ2v) is 10.1. The van der Waals surface area contributed by atoms with Crippen LogP contribution in [0.5, 0.6) is 0 Å². The first-order valence-electron chi connectivity index (χ1n) is 14.3. The molecular weight excluding hydrogens is 484 g/mol. The minimum atomic E-state index is 0.959. The lowest BCUT2D eigenvalue weighted by Crippen LogP contribution is -2.15. The number of rotatable bonds is 9. The van der Waals surface area contributed by atoms with E-state index >= 15 is 0 Å². The van der Waals surface area contributed by atoms with Gasteiger partial charge in [0.25, 0.3) is 0 Å². The number of anilines is 3. The highest BCUT2D eigenvalue weighted by Crippen LogP contribution is 2.30. The van der Waals surface area contributed by atoms with Gasteiger partial charge in [0.05, 0.1) is 0 Å². The molecular formula is C38H38N2. The van der Waals surface area contributed by atoms with E-state index in [1.807, 2.05) is 18.2 Å². The second-order valence-electron chi connectivity index (χ2n) is 10.1. The lowest BCUT2D eigenvalue weighted by molar-refractivity contribution is 1.04. The normalized spacial score (nSPS) is 13.6. The smallest absolute Gasteiger partial charge is 0.0408 e. The van der Waals surface area contributed by atoms with E-state index < -0.39 is 0 Å². The topological polar surface area (TPSA) is 15.3 Å². The molecule has 1 aliphatic rings. The van der Waals surface area contributed by atoms with Crippen LogP contribution in [0.2, 0.25) is 0 Å². The van der Waals surface area contributed by atoms with E-state index in [-0.39, 0.29) is 0 Å². The fraction of sp³-hybridized carbons (Fsp3) is 0.158. The molecule has 0 atom stereocenters. The van der Waals surface area contributed by atoms with E-state index in [1.54, 1.807) is 0 Å². The largest absolute Gasteiger partial charge is 0.356 e. The summed E-state index contributed by atoms with van der Waals surface area (Å²) >= 11 is 0. The van der Waals surface area contributed by atoms with Crippen molar-refractivity contribution in [2.45, 2.75) is 33.1 Å². The van der Waals surface area contributed by atoms with Crippen molar-refractivity contribution in [2.24, 2.45) is 0 Å². The summed E-state index contributed by atoms with van der Waals surface area (Å²) in [6.07, 6.45) is 14.6. The maximum Gasteiger partial charge on any atom is 0.0408 e. The Labute approximate surface area is 239 Å². The predicted molar refractivity (Wildman–Crippen MR) is 175 cm³/mol. The van der Waals surface area contributed by atoms with Crippen molar-refractivity contribution >= 4 is 28.2 Å². The highest BCUT2D eigenvalue weighted by Gasteiger charge is 2.09. The van der Waals surface area contributed by atoms with E-state index in [0.29, 0.717) is 0 Å². The van der Waals surface area contributed by atoms with Gasteiger partial charge in [-0.15, -0.1) is 0 Å². The van der Waals surface area contributed by atoms with Gasteiger partial charge in [-0.25, -0.2) is 0 Å². The number of likely N-dealkylation sites (N-methyl/N-ethyl adjacent to an activating group) is 1. The second kappa shape index (κ2) is 13.0. The Morgan fingerprint density at radius 3 is 2.17 bits per heavy atom. The van der Waals surface area contributed by atoms with Crippen molar-refractivity contribution < 1.29 is 0 Å². The summed E-state index contributed by atoms with van der Waals surface area (Å²) < 4.78 is 0. The van der Waals surface area contributed by atoms with Gasteiger partial charge in [-0.3, -0.25) is 0 Å². The molecule has 0 spiro atoms. The van der Waals surface area contributed by atoms with Crippen LogP contribution in [0.15, 0.2) is 139 Å². The number of benzene rings is 4. The van der Waals surface area contributed by atoms with E-state index in [4.69, 9.17) is 0 Å². The minimum absolute atomic E-state index is 0.959. The number of nitrogens with one attached hydrogen (secondary N) is 1. The quantitative estimate of drug-likeness (QED) is 0.220. The Morgan fingerprint density at radius 2 is 1.50 bits per heavy atom. The van der Waals surface area contributed by atoms with Crippen molar-refractivity contribution in [1.29, 1.82) is 0 Å². The van der Waals surface area contributed by atoms with Crippen LogP contribution in [0, 0.1) is 0 Å². The Kier molecular flexibility index (Phi) is 8.78. The zero-order valence-corrected chi connectivity index (χ0v) is 23.8. The molecule has 0 amide bonds. The number of allylic oxidation sites excluding steroid dienone is 7. The summed E-state index contributed by atoms with van der Waals surface area (Å²) in [4.78, 5) is 2.27. The number of nitrogens with zero attached hydrogens (tertiary/aromatic N) is 1. The van der Waals surface area contributed by atoms with Crippen molar-refractivity contribution in [2.75, 3.05) is 17.3 Å². The summed E-state index contributed by atoms with van der Waals surface area (Å²) in [7, 11) is 2.15. The molecule has 4 aromatic carbocycles. The van der Waals surface area contributed by atoms with Crippen LogP contribution in [0.25, 0.3) is 22.3 Å². The highest BCUT2D eigenvalue weighted by atomic mass is 15.1. The maximum absolute atomic E-state index is 3.50. The molecule has 0 heterocycles. The van der Waals surface area contributed by atoms with Gasteiger partial charge in [-0.05, 0) is 102 Å². The fourth-order valence-corrected chi connectivity index (χ4v) is 5.14. The van der Waals surface area contributed by atoms with Gasteiger partial charge in [-0.2, -0.15) is 0 Å². The van der Waals surface area contributed by atoms with Gasteiger partial charge in [0.2, 0.25) is 0 Å². The molecule has 0 bridgehead atoms. The molecule has 0 fully saturated rings. The standard InChI is InChI=1S/C38H38N2/c1-4-29(28-37(5-2)40(3)38-25-23-32(24-26-38)30-13-8-6-9-14-30)31-19-21-33(22-20-31)34-15-12-18-36(27-34)39-35-16-10-7-11-17-35/h5,7-8,10-28,39H,4,6,9H2,1-3H3/b29-28+,37-5+. The highest BCUT2D eigenvalue weighted by molar-refractivity contribution is 5.77. The van der Waals surface area contributed by atoms with E-state index in [0.717, 1.165) is 30.6 Å². The summed E-state index contributed by atoms with van der Waals surface area (Å²) in [5, 5.41) is 3.50. The SMILES string of the molecule is C/C=C(\C=C(/CC)c1ccc(-c2cccc(Nc3ccccc3)c2)cc1)N(C)c1ccc(C2=CCCC=C2)cc1. The molecule has 1 N–H and O–H groups in total. The van der Waals surface area contributed by atoms with E-state index in [2.05, 4.69) is 146 Å². The first-order chi connectivity index (χ1) is 19.6. The Balaban J connectivity index is 1.32. The molecule has 5 rings (SSSR count). The number of hydrogen-bond donors (Lipinski definition) is 1. The average Bonchev–Trinajstić information content (AvgIpc) is 3.03. The molecule has 0 saturated heterocycles. The van der Waals surface area contributed by atoms with Crippen LogP contribution in [-0.4, -0.2) is 7.05 Å². The van der Waals surface area contributed by atoms with Crippen molar-refractivity contribution in [3.8, 4) is 11.1 Å². The van der Waals surface area contributed by atoms with Crippen molar-refractivity contribution in [1.82, 2.24) is 0 Å². The zero-order chi connectivity index (χ0) is 27.7. The molecule has 0 aliphatic heterocycles. The average molecular weight is 523 g/mol. The third kappa shape index (κ3) is 6.52. The van der Waals surface area contributed by atoms with Gasteiger partial charge in [0.1, 0.15) is 0 Å². The fourth-order valence-electron chi connectivity index (χ4n) is 5.14. The van der Waals surface area contributed by atoms with E-state index in [9.17, 15) is 0 Å². The minimum Gasteiger partial charge on any atom is -0.356 e. The Bertz CT molecular complexity index is 1540. The number of para-hydroxylation sites is 1. The lowest BCUT2D eigenvalue weighted by atomic mass is 9.97. The van der Waals surface area contributed by atoms with Crippen LogP contribution in [0.4, 0.5) is 17.1 Å². The molecule has 2 nitrogen and oxygen atoms in total. The predicted octanol–water partition coefficient (Wildman–Crippen LogP) is 10.7. The monoisotopic (exact) mass is 522 g/mol. The van der Waals surface area contributed by atoms with Crippen LogP contribution in [0.3, 0.4) is 0 Å². The third-order valence-corrected chi connectivity index (χ3v) is 7.48. The van der Waals surface area contributed by atoms with Gasteiger partial charge in [0.15, 0.2) is 0 Å². The van der Waals surface area contributed by atoms with Crippen LogP contribution >= 0.6 is 0 Å². The Hall–Kier alpha value is -4.56. The van der Waals surface area contributed by atoms with Gasteiger partial charge >= 0.3 is 0 Å². The van der Waals surface area contributed by atoms with Gasteiger partial charge in [-0.1, -0.05) is 98.0 Å². The molecule has 40 heavy (non-hydrogen) atoms. The van der Waals surface area contributed by atoms with Gasteiger partial charge in [0, 0.05) is 29.8 Å². The summed E-state index contributed by atoms with van der Waals surface area (Å²) in [6, 6.07) is 36.7. The molecule has 0 saturated carbocycles. The molecule has 0 unspecified atom stereocenters. The van der Waals surface area contributed by atoms with Crippen molar-refractivity contribution in [3.63, 3.8) is 0 Å². The van der Waals surface area contributed by atoms with Crippen LogP contribution in [0.1, 0.15) is 44.2 Å². The lowest BCUT2D eigenvalue weighted by Gasteiger charge is -2.22. The first-order valence-corrected chi connectivity index (χ1v) is 14.3. The molecule has 0 radical (unpaired) electrons. The first kappa shape index (κ1) is 27.0. The van der Waals surface area contributed by atoms with Crippen LogP contribution < -0.4 is 10.2 Å². The molecule has 1 aliphatic carbocycles. The van der Waals surface area contributed by atoms with Crippen LogP contribution in [-0.2, 0) is 0 Å². The Morgan fingerprint density at radius 1 is 0.775 bits per heavy atom. The summed E-state index contributed by atoms with van der Waals surface area (Å²) in [6.45, 7) is 4.34. The summed E-state index contributed by atoms with van der Waals surface area (Å²) in [5.41, 5.74) is 12.1. The summed E-state index contributed by atoms with van der Waals surface area (Å²) in [5.74, 6) is 0. The van der Waals surface area contributed by atoms with Crippen molar-refractivity contribution in [3.05, 3.63) is 150 Å². The zero-order valence-electron chi connectivity index (χ0n) is 23.8. The maximum atomic E-state index is 3.50. The van der Waals surface area contributed by atoms with E-state index in [1.165, 1.54) is 44.8 Å². The molecule has 4 aromatic rings. The molecule has 2 heteroatoms. The molecule has 200 valence electrons.